The summed E-state index contributed by atoms with van der Waals surface area (Å²) in [6, 6.07) is 0. The first kappa shape index (κ1) is 15.5. The first-order valence-corrected chi connectivity index (χ1v) is 6.29. The van der Waals surface area contributed by atoms with Crippen LogP contribution >= 0.6 is 0 Å². The Hall–Kier alpha value is -2.39. The van der Waals surface area contributed by atoms with Gasteiger partial charge in [0.05, 0.1) is 12.8 Å². The third-order valence-corrected chi connectivity index (χ3v) is 3.67. The van der Waals surface area contributed by atoms with E-state index in [9.17, 15) is 24.1 Å². The Balaban J connectivity index is 2.21. The maximum absolute atomic E-state index is 14.5. The Morgan fingerprint density at radius 2 is 2.26 bits per heavy atom. The number of imidazole rings is 1. The van der Waals surface area contributed by atoms with Crippen molar-refractivity contribution in [3.63, 3.8) is 0 Å². The van der Waals surface area contributed by atoms with Crippen LogP contribution in [0.2, 0.25) is 0 Å². The number of terminal acetylenes is 1. The van der Waals surface area contributed by atoms with Crippen molar-refractivity contribution in [1.29, 1.82) is 0 Å². The lowest BCUT2D eigenvalue weighted by atomic mass is 9.95. The zero-order valence-electron chi connectivity index (χ0n) is 11.4. The van der Waals surface area contributed by atoms with Gasteiger partial charge in [-0.25, -0.2) is 13.9 Å². The molecule has 0 aliphatic carbocycles. The largest absolute Gasteiger partial charge is 0.392 e. The van der Waals surface area contributed by atoms with Crippen molar-refractivity contribution in [3.05, 3.63) is 18.0 Å². The highest BCUT2D eigenvalue weighted by atomic mass is 19.1. The van der Waals surface area contributed by atoms with Gasteiger partial charge in [0.25, 0.3) is 0 Å². The third-order valence-electron chi connectivity index (χ3n) is 3.67. The smallest absolute Gasteiger partial charge is 0.328 e. The molecule has 5 N–H and O–H groups in total. The van der Waals surface area contributed by atoms with Gasteiger partial charge in [0.1, 0.15) is 11.8 Å². The molecule has 1 saturated heterocycles. The number of hydrogen-bond acceptors (Lipinski definition) is 8. The van der Waals surface area contributed by atoms with Crippen LogP contribution in [-0.4, -0.2) is 59.4 Å². The van der Waals surface area contributed by atoms with Crippen LogP contribution < -0.4 is 5.73 Å². The summed E-state index contributed by atoms with van der Waals surface area (Å²) < 4.78 is 33.6. The summed E-state index contributed by atoms with van der Waals surface area (Å²) in [6.07, 6.45) is 0.322. The maximum Gasteiger partial charge on any atom is 0.328 e. The molecule has 11 heteroatoms. The van der Waals surface area contributed by atoms with Crippen molar-refractivity contribution in [3.8, 4) is 12.3 Å². The van der Waals surface area contributed by atoms with Crippen LogP contribution in [0.15, 0.2) is 6.20 Å². The van der Waals surface area contributed by atoms with Gasteiger partial charge in [-0.3, -0.25) is 0 Å². The van der Waals surface area contributed by atoms with Crippen molar-refractivity contribution in [2.45, 2.75) is 23.7 Å². The summed E-state index contributed by atoms with van der Waals surface area (Å²) in [7, 11) is 0. The second kappa shape index (κ2) is 4.80. The van der Waals surface area contributed by atoms with E-state index in [0.29, 0.717) is 4.52 Å². The van der Waals surface area contributed by atoms with E-state index in [1.165, 1.54) is 0 Å². The van der Waals surface area contributed by atoms with E-state index in [1.54, 1.807) is 0 Å². The molecule has 4 atom stereocenters. The van der Waals surface area contributed by atoms with E-state index in [-0.39, 0.29) is 11.5 Å². The Morgan fingerprint density at radius 3 is 2.83 bits per heavy atom. The van der Waals surface area contributed by atoms with E-state index in [0.717, 1.165) is 6.20 Å². The van der Waals surface area contributed by atoms with Crippen LogP contribution in [0.25, 0.3) is 5.65 Å². The molecule has 2 aromatic heterocycles. The highest BCUT2D eigenvalue weighted by Crippen LogP contribution is 2.44. The Bertz CT molecular complexity index is 824. The van der Waals surface area contributed by atoms with Crippen LogP contribution in [-0.2, 0) is 10.5 Å². The molecule has 1 aliphatic rings. The second-order valence-electron chi connectivity index (χ2n) is 4.98. The molecular formula is C12H11F2N5O4. The molecule has 23 heavy (non-hydrogen) atoms. The van der Waals surface area contributed by atoms with Crippen LogP contribution in [0.1, 0.15) is 5.69 Å². The second-order valence-corrected chi connectivity index (χ2v) is 4.98. The number of nitrogen functional groups attached to an aromatic ring is 1. The number of aliphatic hydroxyl groups is 3. The van der Waals surface area contributed by atoms with Crippen LogP contribution in [0.5, 0.6) is 0 Å². The molecular weight excluding hydrogens is 316 g/mol. The highest BCUT2D eigenvalue weighted by molar-refractivity contribution is 5.59. The SMILES string of the molecule is C#C[C@]1(CO)O[C@@](O)(c2cnc3c(N)nc(F)nn23)[C@H](F)[C@@H]1O. The number of alkyl halides is 1. The van der Waals surface area contributed by atoms with Crippen LogP contribution in [0.4, 0.5) is 14.6 Å². The fourth-order valence-corrected chi connectivity index (χ4v) is 2.44. The predicted octanol–water partition coefficient (Wildman–Crippen LogP) is -1.92. The summed E-state index contributed by atoms with van der Waals surface area (Å²) in [5.74, 6) is -1.28. The number of aromatic nitrogens is 4. The van der Waals surface area contributed by atoms with Gasteiger partial charge >= 0.3 is 6.08 Å². The fraction of sp³-hybridized carbons (Fsp3) is 0.417. The number of nitrogens with two attached hydrogens (primary N) is 1. The van der Waals surface area contributed by atoms with Gasteiger partial charge in [-0.2, -0.15) is 9.37 Å². The number of ether oxygens (including phenoxy) is 1. The lowest BCUT2D eigenvalue weighted by Crippen LogP contribution is -2.44. The summed E-state index contributed by atoms with van der Waals surface area (Å²) in [5, 5.41) is 33.1. The maximum atomic E-state index is 14.5. The fourth-order valence-electron chi connectivity index (χ4n) is 2.44. The van der Waals surface area contributed by atoms with Gasteiger partial charge in [0, 0.05) is 0 Å². The molecule has 0 saturated carbocycles. The van der Waals surface area contributed by atoms with Gasteiger partial charge in [-0.15, -0.1) is 11.5 Å². The first-order valence-electron chi connectivity index (χ1n) is 6.29. The number of hydrogen-bond donors (Lipinski definition) is 4. The van der Waals surface area contributed by atoms with Crippen molar-refractivity contribution < 1.29 is 28.8 Å². The normalized spacial score (nSPS) is 33.9. The van der Waals surface area contributed by atoms with Gasteiger partial charge in [0.2, 0.25) is 5.79 Å². The molecule has 1 aliphatic heterocycles. The number of rotatable bonds is 2. The van der Waals surface area contributed by atoms with Crippen LogP contribution in [0, 0.1) is 18.4 Å². The van der Waals surface area contributed by atoms with Gasteiger partial charge in [-0.05, 0) is 0 Å². The van der Waals surface area contributed by atoms with Crippen molar-refractivity contribution in [2.75, 3.05) is 12.3 Å². The minimum atomic E-state index is -2.83. The summed E-state index contributed by atoms with van der Waals surface area (Å²) >= 11 is 0. The van der Waals surface area contributed by atoms with E-state index in [2.05, 4.69) is 15.1 Å². The first-order chi connectivity index (χ1) is 10.8. The van der Waals surface area contributed by atoms with Gasteiger partial charge in [0.15, 0.2) is 23.2 Å². The minimum absolute atomic E-state index is 0.165. The van der Waals surface area contributed by atoms with Crippen LogP contribution in [0.3, 0.4) is 0 Å². The summed E-state index contributed by atoms with van der Waals surface area (Å²) in [5.41, 5.74) is 2.64. The molecule has 0 aromatic carbocycles. The molecule has 9 nitrogen and oxygen atoms in total. The quantitative estimate of drug-likeness (QED) is 0.468. The molecule has 2 aromatic rings. The van der Waals surface area contributed by atoms with E-state index >= 15 is 0 Å². The number of fused-ring (bicyclic) bond motifs is 1. The summed E-state index contributed by atoms with van der Waals surface area (Å²) in [6.45, 7) is -0.963. The highest BCUT2D eigenvalue weighted by Gasteiger charge is 2.64. The summed E-state index contributed by atoms with van der Waals surface area (Å²) in [4.78, 5) is 6.99. The molecule has 122 valence electrons. The molecule has 1 fully saturated rings. The molecule has 0 radical (unpaired) electrons. The minimum Gasteiger partial charge on any atom is -0.392 e. The third kappa shape index (κ3) is 1.90. The molecule has 0 unspecified atom stereocenters. The zero-order valence-corrected chi connectivity index (χ0v) is 11.4. The molecule has 0 bridgehead atoms. The van der Waals surface area contributed by atoms with Gasteiger partial charge < -0.3 is 25.8 Å². The standard InChI is InChI=1S/C12H11F2N5O4/c1-2-11(4-20)7(21)6(13)12(22,23-11)5-3-16-9-8(15)17-10(14)18-19(5)9/h1,3,6-7,20-22H,4H2,(H2,15,17,18)/t6-,7+,11-,12+/m1/s1. The monoisotopic (exact) mass is 327 g/mol. The molecule has 3 rings (SSSR count). The molecule has 0 spiro atoms. The number of nitrogens with zero attached hydrogens (tertiary/aromatic N) is 4. The topological polar surface area (TPSA) is 139 Å². The zero-order chi connectivity index (χ0) is 17.0. The van der Waals surface area contributed by atoms with Crippen molar-refractivity contribution in [1.82, 2.24) is 19.6 Å². The Kier molecular flexibility index (Phi) is 3.24. The average molecular weight is 327 g/mol. The van der Waals surface area contributed by atoms with Gasteiger partial charge in [-0.1, -0.05) is 5.92 Å². The van der Waals surface area contributed by atoms with E-state index in [4.69, 9.17) is 16.9 Å². The van der Waals surface area contributed by atoms with Crippen molar-refractivity contribution in [2.24, 2.45) is 0 Å². The van der Waals surface area contributed by atoms with Crippen molar-refractivity contribution >= 4 is 11.5 Å². The average Bonchev–Trinajstić information content (AvgIpc) is 3.02. The lowest BCUT2D eigenvalue weighted by molar-refractivity contribution is -0.245. The number of aliphatic hydroxyl groups excluding tert-OH is 2. The van der Waals surface area contributed by atoms with E-state index < -0.39 is 42.0 Å². The number of anilines is 1. The predicted molar refractivity (Wildman–Crippen MR) is 69.7 cm³/mol. The lowest BCUT2D eigenvalue weighted by Gasteiger charge is -2.26. The Morgan fingerprint density at radius 1 is 1.57 bits per heavy atom. The number of halogens is 2. The van der Waals surface area contributed by atoms with E-state index in [1.807, 2.05) is 5.92 Å². The molecule has 3 heterocycles. The Labute approximate surface area is 127 Å². The molecule has 0 amide bonds.